The van der Waals surface area contributed by atoms with E-state index in [2.05, 4.69) is 9.46 Å². The fourth-order valence-corrected chi connectivity index (χ4v) is 2.24. The first-order valence-electron chi connectivity index (χ1n) is 6.17. The molecule has 0 heterocycles. The van der Waals surface area contributed by atoms with Crippen molar-refractivity contribution < 1.29 is 32.4 Å². The predicted molar refractivity (Wildman–Crippen MR) is 74.5 cm³/mol. The maximum atomic E-state index is 12.2. The zero-order valence-corrected chi connectivity index (χ0v) is 12.9. The fraction of sp³-hybridized carbons (Fsp3) is 0.462. The number of nitrogens with one attached hydrogen (secondary N) is 1. The molecule has 1 aromatic carbocycles. The van der Waals surface area contributed by atoms with Crippen LogP contribution < -0.4 is 9.46 Å². The van der Waals surface area contributed by atoms with Crippen LogP contribution in [0.3, 0.4) is 0 Å². The summed E-state index contributed by atoms with van der Waals surface area (Å²) >= 11 is -1.71. The molecule has 0 radical (unpaired) electrons. The molecule has 5 nitrogen and oxygen atoms in total. The van der Waals surface area contributed by atoms with Crippen LogP contribution in [0.15, 0.2) is 24.3 Å². The summed E-state index contributed by atoms with van der Waals surface area (Å²) in [4.78, 5) is 11.3. The summed E-state index contributed by atoms with van der Waals surface area (Å²) in [5, 5.41) is 9.20. The topological polar surface area (TPSA) is 81.6 Å². The second-order valence-electron chi connectivity index (χ2n) is 5.39. The predicted octanol–water partition coefficient (Wildman–Crippen LogP) is 2.76. The summed E-state index contributed by atoms with van der Waals surface area (Å²) < 4.78 is 54.0. The molecule has 0 aliphatic heterocycles. The third kappa shape index (κ3) is 5.74. The second-order valence-corrected chi connectivity index (χ2v) is 7.39. The van der Waals surface area contributed by atoms with Crippen LogP contribution in [0.25, 0.3) is 0 Å². The van der Waals surface area contributed by atoms with Gasteiger partial charge in [-0.3, -0.25) is 0 Å². The Labute approximate surface area is 128 Å². The van der Waals surface area contributed by atoms with Gasteiger partial charge in [-0.1, -0.05) is 12.1 Å². The minimum absolute atomic E-state index is 0.00634. The van der Waals surface area contributed by atoms with Gasteiger partial charge in [0.1, 0.15) is 10.5 Å². The van der Waals surface area contributed by atoms with Crippen LogP contribution in [0.4, 0.5) is 13.2 Å². The Kier molecular flexibility index (Phi) is 5.71. The van der Waals surface area contributed by atoms with Gasteiger partial charge in [0.05, 0.1) is 0 Å². The molecule has 0 amide bonds. The average Bonchev–Trinajstić information content (AvgIpc) is 2.32. The molecule has 0 fully saturated rings. The number of hydrogen-bond acceptors (Lipinski definition) is 4. The van der Waals surface area contributed by atoms with Gasteiger partial charge in [0.25, 0.3) is 0 Å². The van der Waals surface area contributed by atoms with Gasteiger partial charge >= 0.3 is 12.3 Å². The van der Waals surface area contributed by atoms with E-state index in [1.807, 2.05) is 0 Å². The Hall–Kier alpha value is -1.45. The molecule has 0 aliphatic rings. The first-order chi connectivity index (χ1) is 9.90. The summed E-state index contributed by atoms with van der Waals surface area (Å²) in [5.41, 5.74) is 0.00634. The molecular weight excluding hydrogens is 323 g/mol. The lowest BCUT2D eigenvalue weighted by Gasteiger charge is -2.26. The molecule has 0 aromatic heterocycles. The van der Waals surface area contributed by atoms with E-state index in [1.165, 1.54) is 12.1 Å². The average molecular weight is 339 g/mol. The normalized spacial score (nSPS) is 15.2. The number of aliphatic carboxylic acids is 1. The Morgan fingerprint density at radius 3 is 2.41 bits per heavy atom. The second kappa shape index (κ2) is 6.76. The van der Waals surface area contributed by atoms with Crippen molar-refractivity contribution in [2.75, 3.05) is 0 Å². The van der Waals surface area contributed by atoms with Gasteiger partial charge in [0.2, 0.25) is 0 Å². The van der Waals surface area contributed by atoms with Crippen LogP contribution in [0.5, 0.6) is 5.75 Å². The van der Waals surface area contributed by atoms with E-state index in [1.54, 1.807) is 20.8 Å². The zero-order valence-electron chi connectivity index (χ0n) is 12.1. The van der Waals surface area contributed by atoms with Crippen molar-refractivity contribution in [1.29, 1.82) is 0 Å². The first-order valence-corrected chi connectivity index (χ1v) is 7.32. The maximum absolute atomic E-state index is 12.2. The van der Waals surface area contributed by atoms with E-state index in [0.717, 1.165) is 12.1 Å². The minimum Gasteiger partial charge on any atom is -0.598 e. The number of ether oxygens (including phenoxy) is 1. The molecular formula is C13H16F3NO4S. The number of carboxylic acids is 1. The summed E-state index contributed by atoms with van der Waals surface area (Å²) in [6, 6.07) is 3.12. The molecule has 1 unspecified atom stereocenters. The van der Waals surface area contributed by atoms with Crippen molar-refractivity contribution in [3.63, 3.8) is 0 Å². The third-order valence-electron chi connectivity index (χ3n) is 2.45. The number of carboxylic acid groups (broad SMARTS) is 1. The molecule has 0 spiro atoms. The molecule has 1 rings (SSSR count). The van der Waals surface area contributed by atoms with E-state index >= 15 is 0 Å². The zero-order chi connectivity index (χ0) is 17.1. The van der Waals surface area contributed by atoms with Gasteiger partial charge < -0.3 is 14.4 Å². The van der Waals surface area contributed by atoms with Crippen LogP contribution in [0.2, 0.25) is 0 Å². The number of benzene rings is 1. The van der Waals surface area contributed by atoms with Gasteiger partial charge in [0.15, 0.2) is 6.04 Å². The highest BCUT2D eigenvalue weighted by atomic mass is 32.2. The first kappa shape index (κ1) is 18.6. The van der Waals surface area contributed by atoms with Crippen LogP contribution in [-0.2, 0) is 16.2 Å². The van der Waals surface area contributed by atoms with Crippen molar-refractivity contribution in [1.82, 2.24) is 4.72 Å². The Morgan fingerprint density at radius 2 is 1.95 bits per heavy atom. The van der Waals surface area contributed by atoms with Crippen molar-refractivity contribution in [2.45, 2.75) is 37.9 Å². The van der Waals surface area contributed by atoms with E-state index in [-0.39, 0.29) is 5.56 Å². The molecule has 9 heteroatoms. The lowest BCUT2D eigenvalue weighted by molar-refractivity contribution is -0.274. The third-order valence-corrected chi connectivity index (χ3v) is 4.02. The van der Waals surface area contributed by atoms with Gasteiger partial charge in [-0.2, -0.15) is 0 Å². The maximum Gasteiger partial charge on any atom is 0.573 e. The van der Waals surface area contributed by atoms with Crippen molar-refractivity contribution >= 4 is 17.3 Å². The number of hydrogen-bond donors (Lipinski definition) is 2. The SMILES string of the molecule is CC(C)(C)[S@@+]([O-])NC(C(=O)O)c1cccc(OC(F)(F)F)c1. The molecule has 124 valence electrons. The quantitative estimate of drug-likeness (QED) is 0.806. The molecule has 22 heavy (non-hydrogen) atoms. The Balaban J connectivity index is 3.02. The molecule has 2 N–H and O–H groups in total. The lowest BCUT2D eigenvalue weighted by atomic mass is 10.1. The van der Waals surface area contributed by atoms with Gasteiger partial charge in [-0.15, -0.1) is 17.9 Å². The molecule has 0 aliphatic carbocycles. The lowest BCUT2D eigenvalue weighted by Crippen LogP contribution is -2.43. The largest absolute Gasteiger partial charge is 0.598 e. The highest BCUT2D eigenvalue weighted by Gasteiger charge is 2.34. The van der Waals surface area contributed by atoms with Gasteiger partial charge in [-0.05, 0) is 38.5 Å². The van der Waals surface area contributed by atoms with Crippen LogP contribution in [0, 0.1) is 0 Å². The summed E-state index contributed by atoms with van der Waals surface area (Å²) in [6.45, 7) is 4.91. The van der Waals surface area contributed by atoms with Crippen molar-refractivity contribution in [2.24, 2.45) is 0 Å². The standard InChI is InChI=1S/C13H16F3NO4S/c1-12(2,3)22(20)17-10(11(18)19)8-5-4-6-9(7-8)21-13(14,15)16/h4-7,10,17H,1-3H3,(H,18,19)/t10?,22-/m1/s1. The monoisotopic (exact) mass is 339 g/mol. The number of carbonyl (C=O) groups is 1. The number of alkyl halides is 3. The smallest absolute Gasteiger partial charge is 0.573 e. The fourth-order valence-electron chi connectivity index (χ4n) is 1.44. The molecule has 0 saturated heterocycles. The Morgan fingerprint density at radius 1 is 1.36 bits per heavy atom. The van der Waals surface area contributed by atoms with E-state index in [0.29, 0.717) is 0 Å². The summed E-state index contributed by atoms with van der Waals surface area (Å²) in [7, 11) is 0. The minimum atomic E-state index is -4.88. The summed E-state index contributed by atoms with van der Waals surface area (Å²) in [5.74, 6) is -1.90. The Bertz CT molecular complexity index is 531. The van der Waals surface area contributed by atoms with E-state index in [4.69, 9.17) is 0 Å². The highest BCUT2D eigenvalue weighted by Crippen LogP contribution is 2.27. The van der Waals surface area contributed by atoms with Gasteiger partial charge in [0, 0.05) is 11.4 Å². The van der Waals surface area contributed by atoms with Crippen LogP contribution in [0.1, 0.15) is 32.4 Å². The van der Waals surface area contributed by atoms with Crippen molar-refractivity contribution in [3.8, 4) is 5.75 Å². The molecule has 0 saturated carbocycles. The van der Waals surface area contributed by atoms with Crippen LogP contribution in [-0.4, -0.2) is 26.7 Å². The van der Waals surface area contributed by atoms with Crippen LogP contribution >= 0.6 is 0 Å². The summed E-state index contributed by atoms with van der Waals surface area (Å²) in [6.07, 6.45) is -4.88. The van der Waals surface area contributed by atoms with E-state index in [9.17, 15) is 27.6 Å². The number of rotatable bonds is 5. The van der Waals surface area contributed by atoms with E-state index < -0.39 is 40.2 Å². The molecule has 1 aromatic rings. The van der Waals surface area contributed by atoms with Gasteiger partial charge in [-0.25, -0.2) is 4.79 Å². The highest BCUT2D eigenvalue weighted by molar-refractivity contribution is 7.90. The molecule has 2 atom stereocenters. The molecule has 0 bridgehead atoms. The number of halogens is 3. The van der Waals surface area contributed by atoms with Crippen molar-refractivity contribution in [3.05, 3.63) is 29.8 Å².